The smallest absolute Gasteiger partial charge is 0.123 e. The number of aromatic hydroxyl groups is 1. The molecular formula is C17H18NO2. The van der Waals surface area contributed by atoms with Gasteiger partial charge < -0.3 is 9.84 Å². The molecule has 0 atom stereocenters. The van der Waals surface area contributed by atoms with Gasteiger partial charge in [0.25, 0.3) is 0 Å². The van der Waals surface area contributed by atoms with Crippen molar-refractivity contribution in [1.82, 2.24) is 4.90 Å². The zero-order chi connectivity index (χ0) is 13.8. The normalized spacial score (nSPS) is 16.2. The summed E-state index contributed by atoms with van der Waals surface area (Å²) >= 11 is 0. The van der Waals surface area contributed by atoms with Crippen LogP contribution in [0.5, 0.6) is 5.75 Å². The second kappa shape index (κ2) is 6.07. The number of phenolic OH excluding ortho intramolecular Hbond substituents is 1. The van der Waals surface area contributed by atoms with E-state index in [9.17, 15) is 5.11 Å². The largest absolute Gasteiger partial charge is 0.507 e. The molecule has 103 valence electrons. The topological polar surface area (TPSA) is 32.7 Å². The molecule has 0 aromatic heterocycles. The summed E-state index contributed by atoms with van der Waals surface area (Å²) in [6.45, 7) is 4.20. The molecule has 1 aliphatic rings. The molecule has 0 saturated carbocycles. The van der Waals surface area contributed by atoms with Crippen LogP contribution in [0.1, 0.15) is 5.56 Å². The maximum atomic E-state index is 10.2. The predicted molar refractivity (Wildman–Crippen MR) is 78.5 cm³/mol. The molecule has 1 fully saturated rings. The van der Waals surface area contributed by atoms with E-state index in [1.807, 2.05) is 30.3 Å². The van der Waals surface area contributed by atoms with E-state index in [1.54, 1.807) is 12.1 Å². The summed E-state index contributed by atoms with van der Waals surface area (Å²) in [7, 11) is 0. The lowest BCUT2D eigenvalue weighted by atomic mass is 9.98. The molecule has 0 spiro atoms. The van der Waals surface area contributed by atoms with Crippen LogP contribution in [0.15, 0.2) is 42.5 Å². The number of hydrogen-bond donors (Lipinski definition) is 1. The lowest BCUT2D eigenvalue weighted by Crippen LogP contribution is -2.35. The van der Waals surface area contributed by atoms with E-state index in [1.165, 1.54) is 0 Å². The highest BCUT2D eigenvalue weighted by Crippen LogP contribution is 2.32. The SMILES string of the molecule is Oc1cc[c]c(CN2CCOCC2)c1-c1ccccc1. The minimum atomic E-state index is 0.318. The lowest BCUT2D eigenvalue weighted by Gasteiger charge is -2.27. The molecule has 1 saturated heterocycles. The molecule has 3 nitrogen and oxygen atoms in total. The molecule has 1 aliphatic heterocycles. The molecule has 1 N–H and O–H groups in total. The van der Waals surface area contributed by atoms with E-state index in [4.69, 9.17) is 4.74 Å². The molecule has 20 heavy (non-hydrogen) atoms. The molecule has 3 heteroatoms. The highest BCUT2D eigenvalue weighted by atomic mass is 16.5. The van der Waals surface area contributed by atoms with Crippen molar-refractivity contribution in [2.75, 3.05) is 26.3 Å². The molecular weight excluding hydrogens is 250 g/mol. The van der Waals surface area contributed by atoms with Gasteiger partial charge in [-0.2, -0.15) is 0 Å². The number of nitrogens with zero attached hydrogens (tertiary/aromatic N) is 1. The first-order valence-corrected chi connectivity index (χ1v) is 6.92. The second-order valence-electron chi connectivity index (χ2n) is 4.97. The van der Waals surface area contributed by atoms with Gasteiger partial charge in [-0.25, -0.2) is 0 Å². The summed E-state index contributed by atoms with van der Waals surface area (Å²) < 4.78 is 5.37. The molecule has 2 aromatic carbocycles. The highest BCUT2D eigenvalue weighted by molar-refractivity contribution is 5.73. The Bertz CT molecular complexity index is 562. The van der Waals surface area contributed by atoms with Gasteiger partial charge in [-0.15, -0.1) is 0 Å². The number of phenols is 1. The molecule has 2 aromatic rings. The van der Waals surface area contributed by atoms with E-state index in [0.717, 1.165) is 49.5 Å². The Morgan fingerprint density at radius 1 is 1.10 bits per heavy atom. The quantitative estimate of drug-likeness (QED) is 0.929. The first-order valence-electron chi connectivity index (χ1n) is 6.92. The fourth-order valence-electron chi connectivity index (χ4n) is 2.57. The van der Waals surface area contributed by atoms with Crippen LogP contribution in [0.2, 0.25) is 0 Å². The van der Waals surface area contributed by atoms with Crippen molar-refractivity contribution in [2.24, 2.45) is 0 Å². The Hall–Kier alpha value is -1.84. The summed E-state index contributed by atoms with van der Waals surface area (Å²) in [5, 5.41) is 10.2. The number of ether oxygens (including phenoxy) is 1. The molecule has 0 amide bonds. The zero-order valence-corrected chi connectivity index (χ0v) is 11.4. The summed E-state index contributed by atoms with van der Waals surface area (Å²) in [5.74, 6) is 0.318. The third-order valence-corrected chi connectivity index (χ3v) is 3.60. The third-order valence-electron chi connectivity index (χ3n) is 3.60. The third kappa shape index (κ3) is 2.84. The van der Waals surface area contributed by atoms with Gasteiger partial charge in [-0.1, -0.05) is 36.4 Å². The van der Waals surface area contributed by atoms with Crippen molar-refractivity contribution in [3.63, 3.8) is 0 Å². The van der Waals surface area contributed by atoms with Gasteiger partial charge in [-0.3, -0.25) is 4.90 Å². The Labute approximate surface area is 119 Å². The Morgan fingerprint density at radius 3 is 2.60 bits per heavy atom. The molecule has 0 aliphatic carbocycles. The van der Waals surface area contributed by atoms with Crippen molar-refractivity contribution in [3.8, 4) is 16.9 Å². The maximum absolute atomic E-state index is 10.2. The number of hydrogen-bond acceptors (Lipinski definition) is 3. The van der Waals surface area contributed by atoms with Gasteiger partial charge in [0.2, 0.25) is 0 Å². The van der Waals surface area contributed by atoms with Crippen LogP contribution in [0.4, 0.5) is 0 Å². The Morgan fingerprint density at radius 2 is 1.85 bits per heavy atom. The number of morpholine rings is 1. The van der Waals surface area contributed by atoms with Gasteiger partial charge in [0.1, 0.15) is 5.75 Å². The fourth-order valence-corrected chi connectivity index (χ4v) is 2.57. The summed E-state index contributed by atoms with van der Waals surface area (Å²) in [6.07, 6.45) is 0. The summed E-state index contributed by atoms with van der Waals surface area (Å²) in [5.41, 5.74) is 2.96. The van der Waals surface area contributed by atoms with Crippen LogP contribution in [0, 0.1) is 6.07 Å². The van der Waals surface area contributed by atoms with E-state index >= 15 is 0 Å². The average Bonchev–Trinajstić information content (AvgIpc) is 2.49. The molecule has 3 rings (SSSR count). The van der Waals surface area contributed by atoms with Gasteiger partial charge in [0.05, 0.1) is 13.2 Å². The molecule has 0 bridgehead atoms. The van der Waals surface area contributed by atoms with Crippen LogP contribution in [0.25, 0.3) is 11.1 Å². The van der Waals surface area contributed by atoms with E-state index in [0.29, 0.717) is 5.75 Å². The number of rotatable bonds is 3. The van der Waals surface area contributed by atoms with Crippen molar-refractivity contribution in [2.45, 2.75) is 6.54 Å². The first kappa shape index (κ1) is 13.2. The van der Waals surface area contributed by atoms with Crippen LogP contribution in [0.3, 0.4) is 0 Å². The maximum Gasteiger partial charge on any atom is 0.123 e. The van der Waals surface area contributed by atoms with Crippen molar-refractivity contribution in [1.29, 1.82) is 0 Å². The highest BCUT2D eigenvalue weighted by Gasteiger charge is 2.15. The minimum absolute atomic E-state index is 0.318. The second-order valence-corrected chi connectivity index (χ2v) is 4.97. The van der Waals surface area contributed by atoms with Crippen molar-refractivity contribution < 1.29 is 9.84 Å². The van der Waals surface area contributed by atoms with Gasteiger partial charge in [0, 0.05) is 25.2 Å². The lowest BCUT2D eigenvalue weighted by molar-refractivity contribution is 0.0342. The average molecular weight is 268 g/mol. The van der Waals surface area contributed by atoms with Gasteiger partial charge >= 0.3 is 0 Å². The predicted octanol–water partition coefficient (Wildman–Crippen LogP) is 2.69. The molecule has 1 heterocycles. The van der Waals surface area contributed by atoms with Crippen LogP contribution >= 0.6 is 0 Å². The fraction of sp³-hybridized carbons (Fsp3) is 0.294. The minimum Gasteiger partial charge on any atom is -0.507 e. The van der Waals surface area contributed by atoms with E-state index in [-0.39, 0.29) is 0 Å². The summed E-state index contributed by atoms with van der Waals surface area (Å²) in [6, 6.07) is 16.8. The molecule has 0 unspecified atom stereocenters. The number of benzene rings is 2. The zero-order valence-electron chi connectivity index (χ0n) is 11.4. The Balaban J connectivity index is 1.92. The summed E-state index contributed by atoms with van der Waals surface area (Å²) in [4.78, 5) is 2.33. The van der Waals surface area contributed by atoms with E-state index < -0.39 is 0 Å². The van der Waals surface area contributed by atoms with Crippen molar-refractivity contribution >= 4 is 0 Å². The Kier molecular flexibility index (Phi) is 4.00. The monoisotopic (exact) mass is 268 g/mol. The first-order chi connectivity index (χ1) is 9.84. The van der Waals surface area contributed by atoms with Crippen LogP contribution < -0.4 is 0 Å². The van der Waals surface area contributed by atoms with E-state index in [2.05, 4.69) is 11.0 Å². The molecule has 1 radical (unpaired) electrons. The standard InChI is InChI=1S/C17H18NO2/c19-16-8-4-7-15(13-18-9-11-20-12-10-18)17(16)14-5-2-1-3-6-14/h1-6,8,19H,9-13H2. The van der Waals surface area contributed by atoms with Crippen molar-refractivity contribution in [3.05, 3.63) is 54.1 Å². The van der Waals surface area contributed by atoms with Gasteiger partial charge in [0.15, 0.2) is 0 Å². The van der Waals surface area contributed by atoms with Crippen LogP contribution in [-0.2, 0) is 11.3 Å². The van der Waals surface area contributed by atoms with Crippen LogP contribution in [-0.4, -0.2) is 36.3 Å². The van der Waals surface area contributed by atoms with Gasteiger partial charge in [-0.05, 0) is 23.3 Å².